The fraction of sp³-hybridized carbons (Fsp3) is 0.533. The second-order valence-electron chi connectivity index (χ2n) is 5.91. The van der Waals surface area contributed by atoms with Crippen molar-refractivity contribution in [3.8, 4) is 0 Å². The molecule has 1 aromatic carbocycles. The quantitative estimate of drug-likeness (QED) is 0.890. The predicted octanol–water partition coefficient (Wildman–Crippen LogP) is 3.82. The van der Waals surface area contributed by atoms with Gasteiger partial charge in [-0.1, -0.05) is 50.7 Å². The Labute approximate surface area is 118 Å². The molecule has 0 bridgehead atoms. The molecule has 2 nitrogen and oxygen atoms in total. The number of aliphatic imine (C=N–C) groups is 1. The number of nitrogens with one attached hydrogen (secondary N) is 1. The van der Waals surface area contributed by atoms with Crippen molar-refractivity contribution in [1.29, 1.82) is 0 Å². The van der Waals surface area contributed by atoms with E-state index in [1.54, 1.807) is 23.9 Å². The maximum absolute atomic E-state index is 13.5. The average Bonchev–Trinajstić information content (AvgIpc) is 2.37. The van der Waals surface area contributed by atoms with Gasteiger partial charge in [-0.3, -0.25) is 4.99 Å². The number of hydrogen-bond acceptors (Lipinski definition) is 2. The summed E-state index contributed by atoms with van der Waals surface area (Å²) in [6.07, 6.45) is 1.15. The largest absolute Gasteiger partial charge is 0.362 e. The summed E-state index contributed by atoms with van der Waals surface area (Å²) < 4.78 is 13.5. The Morgan fingerprint density at radius 2 is 2.11 bits per heavy atom. The first-order chi connectivity index (χ1) is 8.97. The molecule has 1 heterocycles. The Balaban J connectivity index is 2.02. The van der Waals surface area contributed by atoms with Crippen molar-refractivity contribution >= 4 is 16.9 Å². The van der Waals surface area contributed by atoms with Crippen LogP contribution in [0.2, 0.25) is 0 Å². The van der Waals surface area contributed by atoms with Crippen molar-refractivity contribution in [3.05, 3.63) is 35.6 Å². The van der Waals surface area contributed by atoms with E-state index in [0.29, 0.717) is 18.2 Å². The molecule has 1 saturated heterocycles. The zero-order chi connectivity index (χ0) is 13.9. The van der Waals surface area contributed by atoms with Gasteiger partial charge in [-0.05, 0) is 17.9 Å². The highest BCUT2D eigenvalue weighted by Gasteiger charge is 2.28. The molecular weight excluding hydrogens is 259 g/mol. The molecule has 0 radical (unpaired) electrons. The lowest BCUT2D eigenvalue weighted by molar-refractivity contribution is 0.290. The lowest BCUT2D eigenvalue weighted by Gasteiger charge is -2.35. The van der Waals surface area contributed by atoms with Gasteiger partial charge < -0.3 is 5.32 Å². The number of amidine groups is 1. The van der Waals surface area contributed by atoms with E-state index in [1.807, 2.05) is 6.07 Å². The van der Waals surface area contributed by atoms with E-state index >= 15 is 0 Å². The van der Waals surface area contributed by atoms with Crippen molar-refractivity contribution in [2.24, 2.45) is 10.4 Å². The van der Waals surface area contributed by atoms with Gasteiger partial charge in [0.1, 0.15) is 5.82 Å². The molecule has 1 atom stereocenters. The Kier molecular flexibility index (Phi) is 4.50. The van der Waals surface area contributed by atoms with Gasteiger partial charge in [-0.15, -0.1) is 0 Å². The minimum absolute atomic E-state index is 0.181. The van der Waals surface area contributed by atoms with Crippen LogP contribution in [-0.4, -0.2) is 17.0 Å². The van der Waals surface area contributed by atoms with Crippen molar-refractivity contribution < 1.29 is 4.39 Å². The molecule has 104 valence electrons. The molecule has 1 fully saturated rings. The third-order valence-electron chi connectivity index (χ3n) is 3.34. The molecular formula is C15H21FN2S. The van der Waals surface area contributed by atoms with E-state index < -0.39 is 0 Å². The molecule has 0 saturated carbocycles. The van der Waals surface area contributed by atoms with Gasteiger partial charge >= 0.3 is 0 Å². The van der Waals surface area contributed by atoms with Crippen LogP contribution in [0.25, 0.3) is 0 Å². The van der Waals surface area contributed by atoms with Gasteiger partial charge in [0.15, 0.2) is 5.17 Å². The first kappa shape index (κ1) is 14.4. The monoisotopic (exact) mass is 280 g/mol. The number of halogens is 1. The normalized spacial score (nSPS) is 22.3. The Bertz CT molecular complexity index is 465. The number of thioether (sulfide) groups is 1. The van der Waals surface area contributed by atoms with Crippen LogP contribution in [0.4, 0.5) is 4.39 Å². The van der Waals surface area contributed by atoms with Crippen LogP contribution in [0, 0.1) is 11.2 Å². The van der Waals surface area contributed by atoms with Crippen molar-refractivity contribution in [2.75, 3.05) is 5.75 Å². The highest BCUT2D eigenvalue weighted by molar-refractivity contribution is 8.13. The summed E-state index contributed by atoms with van der Waals surface area (Å²) in [6.45, 7) is 7.10. The standard InChI is InChI=1S/C15H21FN2S/c1-15(2,3)13-8-9-19-14(18-13)17-10-11-6-4-5-7-12(11)16/h4-7,13H,8-10H2,1-3H3,(H,17,18). The fourth-order valence-corrected chi connectivity index (χ4v) is 2.99. The second kappa shape index (κ2) is 5.95. The lowest BCUT2D eigenvalue weighted by Crippen LogP contribution is -2.46. The molecule has 1 aliphatic rings. The maximum Gasteiger partial charge on any atom is 0.157 e. The summed E-state index contributed by atoms with van der Waals surface area (Å²) in [7, 11) is 0. The summed E-state index contributed by atoms with van der Waals surface area (Å²) in [6, 6.07) is 7.25. The van der Waals surface area contributed by atoms with Crippen LogP contribution in [0.3, 0.4) is 0 Å². The Morgan fingerprint density at radius 3 is 2.79 bits per heavy atom. The summed E-state index contributed by atoms with van der Waals surface area (Å²) >= 11 is 1.72. The zero-order valence-electron chi connectivity index (χ0n) is 11.7. The molecule has 1 unspecified atom stereocenters. The summed E-state index contributed by atoms with van der Waals surface area (Å²) in [4.78, 5) is 4.51. The van der Waals surface area contributed by atoms with E-state index in [1.165, 1.54) is 6.07 Å². The minimum Gasteiger partial charge on any atom is -0.362 e. The molecule has 1 aliphatic heterocycles. The maximum atomic E-state index is 13.5. The minimum atomic E-state index is -0.181. The highest BCUT2D eigenvalue weighted by Crippen LogP contribution is 2.27. The van der Waals surface area contributed by atoms with Gasteiger partial charge in [0, 0.05) is 17.4 Å². The highest BCUT2D eigenvalue weighted by atomic mass is 32.2. The molecule has 0 spiro atoms. The van der Waals surface area contributed by atoms with E-state index in [-0.39, 0.29) is 11.2 Å². The lowest BCUT2D eigenvalue weighted by atomic mass is 9.85. The topological polar surface area (TPSA) is 24.4 Å². The molecule has 19 heavy (non-hydrogen) atoms. The van der Waals surface area contributed by atoms with E-state index in [9.17, 15) is 4.39 Å². The summed E-state index contributed by atoms with van der Waals surface area (Å²) in [5.41, 5.74) is 0.870. The van der Waals surface area contributed by atoms with Crippen LogP contribution in [0.15, 0.2) is 29.3 Å². The fourth-order valence-electron chi connectivity index (χ4n) is 2.06. The third kappa shape index (κ3) is 3.96. The molecule has 4 heteroatoms. The average molecular weight is 280 g/mol. The van der Waals surface area contributed by atoms with Gasteiger partial charge in [-0.2, -0.15) is 0 Å². The van der Waals surface area contributed by atoms with Crippen molar-refractivity contribution in [1.82, 2.24) is 5.32 Å². The predicted molar refractivity (Wildman–Crippen MR) is 81.0 cm³/mol. The van der Waals surface area contributed by atoms with E-state index in [2.05, 4.69) is 31.1 Å². The van der Waals surface area contributed by atoms with E-state index in [0.717, 1.165) is 17.3 Å². The van der Waals surface area contributed by atoms with Crippen LogP contribution in [0.5, 0.6) is 0 Å². The molecule has 0 aliphatic carbocycles. The number of benzene rings is 1. The smallest absolute Gasteiger partial charge is 0.157 e. The molecule has 1 N–H and O–H groups in total. The molecule has 1 aromatic rings. The Morgan fingerprint density at radius 1 is 1.37 bits per heavy atom. The first-order valence-corrected chi connectivity index (χ1v) is 7.62. The number of hydrogen-bond donors (Lipinski definition) is 1. The van der Waals surface area contributed by atoms with Gasteiger partial charge in [-0.25, -0.2) is 4.39 Å². The molecule has 0 aromatic heterocycles. The van der Waals surface area contributed by atoms with Gasteiger partial charge in [0.25, 0.3) is 0 Å². The Hall–Kier alpha value is -1.03. The van der Waals surface area contributed by atoms with Crippen molar-refractivity contribution in [3.63, 3.8) is 0 Å². The van der Waals surface area contributed by atoms with Gasteiger partial charge in [0.2, 0.25) is 0 Å². The van der Waals surface area contributed by atoms with Crippen LogP contribution < -0.4 is 5.32 Å². The second-order valence-corrected chi connectivity index (χ2v) is 7.00. The molecule has 2 rings (SSSR count). The first-order valence-electron chi connectivity index (χ1n) is 6.64. The zero-order valence-corrected chi connectivity index (χ0v) is 12.6. The van der Waals surface area contributed by atoms with E-state index in [4.69, 9.17) is 0 Å². The van der Waals surface area contributed by atoms with Crippen LogP contribution in [-0.2, 0) is 6.54 Å². The van der Waals surface area contributed by atoms with Crippen molar-refractivity contribution in [2.45, 2.75) is 39.8 Å². The SMILES string of the molecule is CC(C)(C)C1CCSC(=NCc2ccccc2F)N1. The third-order valence-corrected chi connectivity index (χ3v) is 4.30. The van der Waals surface area contributed by atoms with Crippen LogP contribution >= 0.6 is 11.8 Å². The van der Waals surface area contributed by atoms with Crippen LogP contribution in [0.1, 0.15) is 32.8 Å². The molecule has 0 amide bonds. The number of nitrogens with zero attached hydrogens (tertiary/aromatic N) is 1. The summed E-state index contributed by atoms with van der Waals surface area (Å²) in [5, 5.41) is 4.41. The van der Waals surface area contributed by atoms with Gasteiger partial charge in [0.05, 0.1) is 6.54 Å². The number of rotatable bonds is 2. The summed E-state index contributed by atoms with van der Waals surface area (Å²) in [5.74, 6) is 0.894.